The van der Waals surface area contributed by atoms with E-state index in [0.717, 1.165) is 110 Å². The van der Waals surface area contributed by atoms with Crippen LogP contribution in [0.2, 0.25) is 0 Å². The molecule has 400 valence electrons. The number of carbonyl (C=O) groups is 1. The zero-order chi connectivity index (χ0) is 54.3. The molecule has 10 aromatic rings. The van der Waals surface area contributed by atoms with Crippen molar-refractivity contribution in [2.45, 2.75) is 138 Å². The Balaban J connectivity index is 0.000000177. The van der Waals surface area contributed by atoms with Gasteiger partial charge in [0, 0.05) is 83.7 Å². The lowest BCUT2D eigenvalue weighted by molar-refractivity contribution is 0.0538. The number of H-pyrrole nitrogens is 1. The number of nitrogens with zero attached hydrogens (tertiary/aromatic N) is 9. The van der Waals surface area contributed by atoms with Crippen LogP contribution in [0, 0.1) is 55.4 Å². The molecule has 2 aliphatic rings. The molecule has 0 amide bonds. The number of aromatic amines is 1. The van der Waals surface area contributed by atoms with Gasteiger partial charge in [0.2, 0.25) is 0 Å². The Morgan fingerprint density at radius 2 is 1.01 bits per heavy atom. The van der Waals surface area contributed by atoms with Gasteiger partial charge in [0.1, 0.15) is 40.0 Å². The molecule has 16 heteroatoms. The Hall–Kier alpha value is -8.21. The van der Waals surface area contributed by atoms with E-state index in [2.05, 4.69) is 41.3 Å². The van der Waals surface area contributed by atoms with Crippen LogP contribution in [-0.4, -0.2) is 71.7 Å². The first-order valence-corrected chi connectivity index (χ1v) is 26.1. The maximum Gasteiger partial charge on any atom is 0.420 e. The van der Waals surface area contributed by atoms with Crippen molar-refractivity contribution in [1.29, 1.82) is 0 Å². The molecule has 2 fully saturated rings. The van der Waals surface area contributed by atoms with Crippen molar-refractivity contribution in [3.8, 4) is 22.3 Å². The second kappa shape index (κ2) is 20.0. The third kappa shape index (κ3) is 9.25. The molecule has 0 aliphatic heterocycles. The van der Waals surface area contributed by atoms with Crippen LogP contribution >= 0.6 is 0 Å². The highest BCUT2D eigenvalue weighted by Gasteiger charge is 2.43. The molecule has 12 rings (SSSR count). The van der Waals surface area contributed by atoms with Crippen molar-refractivity contribution >= 4 is 28.2 Å². The smallest absolute Gasteiger partial charge is 0.420 e. The summed E-state index contributed by atoms with van der Waals surface area (Å²) in [5, 5.41) is 34.4. The Bertz CT molecular complexity index is 3790. The van der Waals surface area contributed by atoms with E-state index < -0.39 is 22.9 Å². The van der Waals surface area contributed by atoms with Crippen LogP contribution in [0.3, 0.4) is 0 Å². The molecule has 0 saturated heterocycles. The zero-order valence-electron chi connectivity index (χ0n) is 45.3. The summed E-state index contributed by atoms with van der Waals surface area (Å²) in [5.41, 5.74) is 11.2. The molecule has 2 saturated carbocycles. The van der Waals surface area contributed by atoms with E-state index in [-0.39, 0.29) is 13.3 Å². The third-order valence-corrected chi connectivity index (χ3v) is 14.9. The molecular formula is C62H66N10O6. The van der Waals surface area contributed by atoms with Gasteiger partial charge in [-0.3, -0.25) is 19.9 Å². The van der Waals surface area contributed by atoms with Gasteiger partial charge in [0.05, 0.1) is 33.5 Å². The predicted molar refractivity (Wildman–Crippen MR) is 298 cm³/mol. The monoisotopic (exact) mass is 1050 g/mol. The molecule has 8 heterocycles. The molecule has 0 bridgehead atoms. The van der Waals surface area contributed by atoms with Crippen LogP contribution in [0.5, 0.6) is 0 Å². The number of nitrogens with one attached hydrogen (secondary N) is 1. The minimum Gasteiger partial charge on any atom is -0.443 e. The number of carbonyl (C=O) groups excluding carboxylic acids is 1. The van der Waals surface area contributed by atoms with Crippen molar-refractivity contribution in [2.24, 2.45) is 0 Å². The summed E-state index contributed by atoms with van der Waals surface area (Å²) >= 11 is 0. The van der Waals surface area contributed by atoms with Crippen molar-refractivity contribution in [3.05, 3.63) is 188 Å². The molecule has 0 spiro atoms. The molecular weight excluding hydrogens is 981 g/mol. The molecule has 2 aliphatic carbocycles. The number of hydrogen-bond donors (Lipinski definition) is 3. The van der Waals surface area contributed by atoms with Crippen LogP contribution in [0.4, 0.5) is 4.79 Å². The Morgan fingerprint density at radius 1 is 0.590 bits per heavy atom. The lowest BCUT2D eigenvalue weighted by Crippen LogP contribution is -2.31. The number of aryl methyl sites for hydroxylation is 8. The summed E-state index contributed by atoms with van der Waals surface area (Å²) in [6.45, 7) is 20.9. The number of imidazole rings is 2. The minimum atomic E-state index is -1.67. The topological polar surface area (TPSA) is 217 Å². The summed E-state index contributed by atoms with van der Waals surface area (Å²) in [6, 6.07) is 15.4. The number of aliphatic hydroxyl groups is 2. The Kier molecular flexibility index (Phi) is 13.6. The van der Waals surface area contributed by atoms with Crippen LogP contribution < -0.4 is 0 Å². The molecule has 8 aromatic heterocycles. The Morgan fingerprint density at radius 3 is 1.40 bits per heavy atom. The van der Waals surface area contributed by atoms with E-state index >= 15 is 0 Å². The maximum absolute atomic E-state index is 13.8. The second-order valence-corrected chi connectivity index (χ2v) is 21.8. The quantitative estimate of drug-likeness (QED) is 0.116. The highest BCUT2D eigenvalue weighted by Crippen LogP contribution is 2.49. The number of hydrogen-bond acceptors (Lipinski definition) is 14. The molecule has 16 nitrogen and oxygen atoms in total. The number of pyridine rings is 4. The third-order valence-electron chi connectivity index (χ3n) is 14.9. The van der Waals surface area contributed by atoms with E-state index in [4.69, 9.17) is 23.8 Å². The van der Waals surface area contributed by atoms with Crippen LogP contribution in [0.15, 0.2) is 107 Å². The lowest BCUT2D eigenvalue weighted by atomic mass is 9.76. The van der Waals surface area contributed by atoms with Gasteiger partial charge in [-0.15, -0.1) is 0 Å². The summed E-state index contributed by atoms with van der Waals surface area (Å²) in [4.78, 5) is 44.7. The minimum absolute atomic E-state index is 0. The largest absolute Gasteiger partial charge is 0.443 e. The standard InChI is InChI=1S/C33H35N5O4.C28H27N5O2.CH4/c1-18-16-34-12-10-24(18)33(40,25-11-13-35-17-19(25)2)26-14-23(28-20(3)37-42-21(28)4)15-27-29(26)36-30(22-8-9-22)38(27)31(39)41-32(5,6)7;1-15-13-29-9-7-21(15)28(34,22-8-10-30-14-16(22)2)23-11-20(25-17(3)33-35-18(25)4)12-24-26(23)32-27(31-24)19-5-6-19;/h10-17,22,40H,8-9H2,1-7H3;7-14,19,34H,5-6H2,1-4H3,(H,31,32);1H4. The predicted octanol–water partition coefficient (Wildman–Crippen LogP) is 12.7. The van der Waals surface area contributed by atoms with Gasteiger partial charge >= 0.3 is 6.09 Å². The van der Waals surface area contributed by atoms with Gasteiger partial charge in [0.15, 0.2) is 0 Å². The van der Waals surface area contributed by atoms with Gasteiger partial charge in [-0.05, 0) is 206 Å². The summed E-state index contributed by atoms with van der Waals surface area (Å²) in [7, 11) is 0. The van der Waals surface area contributed by atoms with Gasteiger partial charge in [-0.2, -0.15) is 0 Å². The number of ether oxygens (including phenoxy) is 1. The average molecular weight is 1050 g/mol. The van der Waals surface area contributed by atoms with Gasteiger partial charge in [-0.1, -0.05) is 17.7 Å². The first kappa shape index (κ1) is 53.2. The fourth-order valence-electron chi connectivity index (χ4n) is 11.0. The first-order chi connectivity index (χ1) is 36.8. The lowest BCUT2D eigenvalue weighted by Gasteiger charge is -2.33. The average Bonchev–Trinajstić information content (AvgIpc) is 4.43. The van der Waals surface area contributed by atoms with E-state index in [1.165, 1.54) is 0 Å². The maximum atomic E-state index is 13.8. The first-order valence-electron chi connectivity index (χ1n) is 26.1. The van der Waals surface area contributed by atoms with E-state index in [9.17, 15) is 15.0 Å². The molecule has 0 unspecified atom stereocenters. The summed E-state index contributed by atoms with van der Waals surface area (Å²) < 4.78 is 18.5. The van der Waals surface area contributed by atoms with E-state index in [1.807, 2.05) is 119 Å². The van der Waals surface area contributed by atoms with E-state index in [1.54, 1.807) is 54.1 Å². The SMILES string of the molecule is C.Cc1cnccc1C(O)(c1ccncc1C)c1cc(-c2c(C)noc2C)cc2[nH]c(C3CC3)nc12.Cc1cnccc1C(O)(c1ccncc1C)c1cc(-c2c(C)noc2C)cc2c1nc(C1CC1)n2C(=O)OC(C)(C)C. The van der Waals surface area contributed by atoms with Crippen LogP contribution in [-0.2, 0) is 15.9 Å². The number of benzene rings is 2. The fraction of sp³-hybridized carbons (Fsp3) is 0.339. The van der Waals surface area contributed by atoms with Gasteiger partial charge < -0.3 is 29.0 Å². The molecule has 2 aromatic carbocycles. The van der Waals surface area contributed by atoms with Crippen molar-refractivity contribution < 1.29 is 28.8 Å². The van der Waals surface area contributed by atoms with Gasteiger partial charge in [0.25, 0.3) is 0 Å². The molecule has 78 heavy (non-hydrogen) atoms. The molecule has 3 N–H and O–H groups in total. The number of fused-ring (bicyclic) bond motifs is 2. The van der Waals surface area contributed by atoms with Gasteiger partial charge in [-0.25, -0.2) is 19.3 Å². The number of rotatable bonds is 10. The molecule has 0 atom stereocenters. The zero-order valence-corrected chi connectivity index (χ0v) is 45.3. The van der Waals surface area contributed by atoms with Crippen LogP contribution in [0.25, 0.3) is 44.3 Å². The summed E-state index contributed by atoms with van der Waals surface area (Å²) in [6.07, 6.45) is 17.4. The highest BCUT2D eigenvalue weighted by atomic mass is 16.6. The normalized spacial score (nSPS) is 13.9. The number of aromatic nitrogens is 10. The highest BCUT2D eigenvalue weighted by molar-refractivity contribution is 5.95. The van der Waals surface area contributed by atoms with E-state index in [0.29, 0.717) is 56.5 Å². The van der Waals surface area contributed by atoms with Crippen molar-refractivity contribution in [2.75, 3.05) is 0 Å². The molecule has 0 radical (unpaired) electrons. The Labute approximate surface area is 453 Å². The summed E-state index contributed by atoms with van der Waals surface area (Å²) in [5.74, 6) is 3.54. The van der Waals surface area contributed by atoms with Crippen molar-refractivity contribution in [1.82, 2.24) is 49.8 Å². The van der Waals surface area contributed by atoms with Crippen LogP contribution in [0.1, 0.15) is 156 Å². The second-order valence-electron chi connectivity index (χ2n) is 21.8. The van der Waals surface area contributed by atoms with Crippen molar-refractivity contribution in [3.63, 3.8) is 0 Å². The fourth-order valence-corrected chi connectivity index (χ4v) is 11.0.